The fourth-order valence-electron chi connectivity index (χ4n) is 5.44. The summed E-state index contributed by atoms with van der Waals surface area (Å²) < 4.78 is 21.5. The van der Waals surface area contributed by atoms with Crippen LogP contribution in [0.5, 0.6) is 0 Å². The van der Waals surface area contributed by atoms with Crippen LogP contribution in [-0.4, -0.2) is 97.9 Å². The number of ether oxygens (including phenoxy) is 4. The van der Waals surface area contributed by atoms with Gasteiger partial charge in [0.15, 0.2) is 5.79 Å². The van der Waals surface area contributed by atoms with Crippen LogP contribution in [0.15, 0.2) is 42.5 Å². The highest BCUT2D eigenvalue weighted by atomic mass is 16.8. The molecule has 214 valence electrons. The van der Waals surface area contributed by atoms with Gasteiger partial charge in [0, 0.05) is 26.4 Å². The molecule has 0 saturated carbocycles. The van der Waals surface area contributed by atoms with E-state index in [1.807, 2.05) is 37.3 Å². The lowest BCUT2D eigenvalue weighted by Gasteiger charge is -2.48. The van der Waals surface area contributed by atoms with E-state index in [1.54, 1.807) is 0 Å². The standard InChI is InChI=1S/C26H32O13/c1-13(17(37-15(3)27)14(2)12-16-8-6-5-7-9-16)10-11-24-18(28)19(36-4)26(39-24,23(33)34)25(35,22(31)32)20(38-24)21(29)30/h5-9,14,17-20,28,35H,1,10-12H2,2-4H3,(H,29,30)(H,31,32)(H,33,34)/t14-,17-,18-,19-,20?,24?,25?,26?/m1/s1. The highest BCUT2D eigenvalue weighted by Crippen LogP contribution is 2.55. The Hall–Kier alpha value is -3.36. The van der Waals surface area contributed by atoms with Crippen molar-refractivity contribution in [1.29, 1.82) is 0 Å². The number of carboxylic acid groups (broad SMARTS) is 3. The quantitative estimate of drug-likeness (QED) is 0.176. The molecule has 13 heteroatoms. The highest BCUT2D eigenvalue weighted by molar-refractivity contribution is 5.97. The predicted octanol–water partition coefficient (Wildman–Crippen LogP) is 0.358. The largest absolute Gasteiger partial charge is 0.479 e. The predicted molar refractivity (Wildman–Crippen MR) is 129 cm³/mol. The monoisotopic (exact) mass is 552 g/mol. The van der Waals surface area contributed by atoms with Crippen molar-refractivity contribution in [3.8, 4) is 0 Å². The van der Waals surface area contributed by atoms with Crippen LogP contribution in [0.2, 0.25) is 0 Å². The molecule has 0 amide bonds. The Morgan fingerprint density at radius 3 is 2.21 bits per heavy atom. The molecule has 5 N–H and O–H groups in total. The van der Waals surface area contributed by atoms with Gasteiger partial charge < -0.3 is 44.5 Å². The number of carbonyl (C=O) groups is 4. The van der Waals surface area contributed by atoms with E-state index in [-0.39, 0.29) is 12.3 Å². The summed E-state index contributed by atoms with van der Waals surface area (Å²) in [5, 5.41) is 51.6. The van der Waals surface area contributed by atoms with Crippen molar-refractivity contribution in [3.63, 3.8) is 0 Å². The average molecular weight is 553 g/mol. The zero-order valence-electron chi connectivity index (χ0n) is 21.6. The normalized spacial score (nSPS) is 33.1. The first-order chi connectivity index (χ1) is 18.2. The van der Waals surface area contributed by atoms with Crippen LogP contribution in [0, 0.1) is 5.92 Å². The van der Waals surface area contributed by atoms with E-state index in [0.717, 1.165) is 12.7 Å². The smallest absolute Gasteiger partial charge is 0.343 e. The van der Waals surface area contributed by atoms with Gasteiger partial charge in [-0.25, -0.2) is 14.4 Å². The first-order valence-corrected chi connectivity index (χ1v) is 12.1. The summed E-state index contributed by atoms with van der Waals surface area (Å²) in [6.07, 6.45) is -7.68. The van der Waals surface area contributed by atoms with Gasteiger partial charge in [-0.15, -0.1) is 0 Å². The van der Waals surface area contributed by atoms with Crippen molar-refractivity contribution in [3.05, 3.63) is 48.0 Å². The van der Waals surface area contributed by atoms with Crippen molar-refractivity contribution < 1.29 is 63.7 Å². The maximum atomic E-state index is 12.4. The third kappa shape index (κ3) is 4.92. The Kier molecular flexibility index (Phi) is 8.53. The molecule has 2 bridgehead atoms. The first-order valence-electron chi connectivity index (χ1n) is 12.1. The van der Waals surface area contributed by atoms with Crippen molar-refractivity contribution >= 4 is 23.9 Å². The van der Waals surface area contributed by atoms with Crippen molar-refractivity contribution in [2.24, 2.45) is 5.92 Å². The number of benzene rings is 1. The molecule has 4 unspecified atom stereocenters. The summed E-state index contributed by atoms with van der Waals surface area (Å²) in [5.74, 6) is -9.66. The number of fused-ring (bicyclic) bond motifs is 2. The molecular formula is C26H32O13. The second-order valence-corrected chi connectivity index (χ2v) is 9.82. The SMILES string of the molecule is C=C(CCC12OC(C(=O)O)C(O)(C(=O)O)C(C(=O)O)(O1)[C@H](OC)[C@H]2O)[C@@H](OC(C)=O)[C@H](C)Cc1ccccc1. The Bertz CT molecular complexity index is 1140. The number of hydrogen-bond acceptors (Lipinski definition) is 10. The third-order valence-corrected chi connectivity index (χ3v) is 7.26. The number of aliphatic hydroxyl groups is 2. The van der Waals surface area contributed by atoms with Crippen LogP contribution in [0.1, 0.15) is 32.3 Å². The summed E-state index contributed by atoms with van der Waals surface area (Å²) in [5.41, 5.74) is -5.67. The maximum absolute atomic E-state index is 12.4. The molecular weight excluding hydrogens is 520 g/mol. The molecule has 39 heavy (non-hydrogen) atoms. The number of rotatable bonds is 12. The van der Waals surface area contributed by atoms with Gasteiger partial charge in [-0.05, 0) is 24.0 Å². The Labute approximate surface area is 223 Å². The van der Waals surface area contributed by atoms with E-state index in [2.05, 4.69) is 6.58 Å². The molecule has 2 fully saturated rings. The number of hydrogen-bond donors (Lipinski definition) is 5. The fourth-order valence-corrected chi connectivity index (χ4v) is 5.44. The summed E-state index contributed by atoms with van der Waals surface area (Å²) in [7, 11) is 0.940. The van der Waals surface area contributed by atoms with Gasteiger partial charge in [0.1, 0.15) is 18.3 Å². The van der Waals surface area contributed by atoms with Gasteiger partial charge in [-0.2, -0.15) is 0 Å². The zero-order chi connectivity index (χ0) is 29.3. The Morgan fingerprint density at radius 1 is 1.10 bits per heavy atom. The molecule has 0 spiro atoms. The molecule has 2 aliphatic heterocycles. The fraction of sp³-hybridized carbons (Fsp3) is 0.538. The van der Waals surface area contributed by atoms with E-state index in [0.29, 0.717) is 12.0 Å². The van der Waals surface area contributed by atoms with Crippen LogP contribution < -0.4 is 0 Å². The molecule has 8 atom stereocenters. The second kappa shape index (κ2) is 11.0. The van der Waals surface area contributed by atoms with Crippen LogP contribution in [0.4, 0.5) is 0 Å². The summed E-state index contributed by atoms with van der Waals surface area (Å²) in [6, 6.07) is 9.36. The van der Waals surface area contributed by atoms with Gasteiger partial charge in [0.2, 0.25) is 17.3 Å². The van der Waals surface area contributed by atoms with Gasteiger partial charge in [-0.1, -0.05) is 43.8 Å². The number of carboxylic acids is 3. The molecule has 0 aromatic heterocycles. The lowest BCUT2D eigenvalue weighted by Crippen LogP contribution is -2.78. The summed E-state index contributed by atoms with van der Waals surface area (Å²) in [4.78, 5) is 48.5. The van der Waals surface area contributed by atoms with Crippen LogP contribution >= 0.6 is 0 Å². The van der Waals surface area contributed by atoms with Crippen molar-refractivity contribution in [1.82, 2.24) is 0 Å². The zero-order valence-corrected chi connectivity index (χ0v) is 21.6. The van der Waals surface area contributed by atoms with E-state index < -0.39 is 71.7 Å². The van der Waals surface area contributed by atoms with E-state index in [4.69, 9.17) is 18.9 Å². The Balaban J connectivity index is 1.96. The summed E-state index contributed by atoms with van der Waals surface area (Å²) in [6.45, 7) is 7.03. The Morgan fingerprint density at radius 2 is 1.72 bits per heavy atom. The van der Waals surface area contributed by atoms with Gasteiger partial charge in [0.05, 0.1) is 0 Å². The van der Waals surface area contributed by atoms with Crippen molar-refractivity contribution in [2.45, 2.75) is 74.5 Å². The summed E-state index contributed by atoms with van der Waals surface area (Å²) >= 11 is 0. The highest BCUT2D eigenvalue weighted by Gasteiger charge is 2.85. The van der Waals surface area contributed by atoms with E-state index in [9.17, 15) is 44.7 Å². The topological polar surface area (TPSA) is 206 Å². The second-order valence-electron chi connectivity index (χ2n) is 9.82. The molecule has 1 aromatic carbocycles. The molecule has 13 nitrogen and oxygen atoms in total. The minimum atomic E-state index is -3.69. The van der Waals surface area contributed by atoms with Crippen LogP contribution in [-0.2, 0) is 44.5 Å². The molecule has 1 aromatic rings. The van der Waals surface area contributed by atoms with Gasteiger partial charge in [-0.3, -0.25) is 4.79 Å². The van der Waals surface area contributed by atoms with Gasteiger partial charge >= 0.3 is 23.9 Å². The number of aliphatic carboxylic acids is 3. The number of aliphatic hydroxyl groups excluding tert-OH is 1. The first kappa shape index (κ1) is 30.2. The van der Waals surface area contributed by atoms with Crippen LogP contribution in [0.25, 0.3) is 0 Å². The molecule has 0 radical (unpaired) electrons. The van der Waals surface area contributed by atoms with E-state index in [1.165, 1.54) is 6.92 Å². The molecule has 2 heterocycles. The minimum Gasteiger partial charge on any atom is -0.479 e. The molecule has 2 aliphatic rings. The lowest BCUT2D eigenvalue weighted by molar-refractivity contribution is -0.374. The number of methoxy groups -OCH3 is 1. The van der Waals surface area contributed by atoms with Gasteiger partial charge in [0.25, 0.3) is 0 Å². The van der Waals surface area contributed by atoms with Crippen molar-refractivity contribution in [2.75, 3.05) is 7.11 Å². The molecule has 3 rings (SSSR count). The van der Waals surface area contributed by atoms with E-state index >= 15 is 0 Å². The molecule has 0 aliphatic carbocycles. The third-order valence-electron chi connectivity index (χ3n) is 7.26. The maximum Gasteiger partial charge on any atom is 0.343 e. The molecule has 2 saturated heterocycles. The minimum absolute atomic E-state index is 0.141. The van der Waals surface area contributed by atoms with Crippen LogP contribution in [0.3, 0.4) is 0 Å². The lowest BCUT2D eigenvalue weighted by atomic mass is 9.74. The average Bonchev–Trinajstić information content (AvgIpc) is 3.09. The number of carbonyl (C=O) groups excluding carboxylic acids is 1. The number of esters is 1.